The largest absolute Gasteiger partial charge is 0.343 e. The van der Waals surface area contributed by atoms with Crippen molar-refractivity contribution in [3.05, 3.63) is 36.4 Å². The minimum atomic E-state index is 0.225. The summed E-state index contributed by atoms with van der Waals surface area (Å²) in [5.74, 6) is 1.06. The van der Waals surface area contributed by atoms with Crippen LogP contribution in [0.3, 0.4) is 0 Å². The van der Waals surface area contributed by atoms with Crippen LogP contribution in [0.15, 0.2) is 36.4 Å². The molecule has 2 heteroatoms. The SMILES string of the molecule is CC.CC(=O)N1CCCC1.CC(C)C.CCC.c1ccccc1. The highest BCUT2D eigenvalue weighted by Crippen LogP contribution is 2.06. The molecule has 0 unspecified atom stereocenters. The van der Waals surface area contributed by atoms with Crippen LogP contribution in [-0.4, -0.2) is 23.9 Å². The zero-order chi connectivity index (χ0) is 18.5. The molecule has 1 aromatic carbocycles. The van der Waals surface area contributed by atoms with Gasteiger partial charge in [-0.25, -0.2) is 0 Å². The van der Waals surface area contributed by atoms with E-state index in [9.17, 15) is 4.79 Å². The monoisotopic (exact) mass is 323 g/mol. The summed E-state index contributed by atoms with van der Waals surface area (Å²) in [6.07, 6.45) is 3.64. The molecule has 0 saturated carbocycles. The van der Waals surface area contributed by atoms with E-state index in [2.05, 4.69) is 34.6 Å². The number of amides is 1. The zero-order valence-corrected chi connectivity index (χ0v) is 16.9. The summed E-state index contributed by atoms with van der Waals surface area (Å²) in [7, 11) is 0. The molecule has 1 aliphatic rings. The van der Waals surface area contributed by atoms with Crippen LogP contribution in [0.4, 0.5) is 0 Å². The third-order valence-electron chi connectivity index (χ3n) is 2.22. The van der Waals surface area contributed by atoms with Gasteiger partial charge in [0.15, 0.2) is 0 Å². The number of hydrogen-bond donors (Lipinski definition) is 0. The van der Waals surface area contributed by atoms with Crippen LogP contribution in [0.25, 0.3) is 0 Å². The Hall–Kier alpha value is -1.31. The van der Waals surface area contributed by atoms with Crippen molar-refractivity contribution in [2.45, 2.75) is 74.7 Å². The van der Waals surface area contributed by atoms with Gasteiger partial charge in [-0.3, -0.25) is 4.79 Å². The van der Waals surface area contributed by atoms with Crippen molar-refractivity contribution in [1.82, 2.24) is 4.90 Å². The Morgan fingerprint density at radius 3 is 1.22 bits per heavy atom. The Bertz CT molecular complexity index is 273. The molecule has 1 saturated heterocycles. The van der Waals surface area contributed by atoms with Gasteiger partial charge in [0.05, 0.1) is 0 Å². The molecule has 0 atom stereocenters. The molecule has 0 spiro atoms. The summed E-state index contributed by atoms with van der Waals surface area (Å²) in [5.41, 5.74) is 0. The summed E-state index contributed by atoms with van der Waals surface area (Å²) in [6.45, 7) is 18.3. The van der Waals surface area contributed by atoms with E-state index in [1.54, 1.807) is 6.92 Å². The number of likely N-dealkylation sites (tertiary alicyclic amines) is 1. The topological polar surface area (TPSA) is 20.3 Å². The molecule has 23 heavy (non-hydrogen) atoms. The van der Waals surface area contributed by atoms with Crippen molar-refractivity contribution < 1.29 is 4.79 Å². The predicted molar refractivity (Wildman–Crippen MR) is 106 cm³/mol. The molecule has 2 nitrogen and oxygen atoms in total. The van der Waals surface area contributed by atoms with Gasteiger partial charge in [-0.2, -0.15) is 0 Å². The van der Waals surface area contributed by atoms with Gasteiger partial charge in [0.25, 0.3) is 0 Å². The van der Waals surface area contributed by atoms with Crippen LogP contribution < -0.4 is 0 Å². The molecule has 0 N–H and O–H groups in total. The lowest BCUT2D eigenvalue weighted by Crippen LogP contribution is -2.24. The minimum Gasteiger partial charge on any atom is -0.343 e. The van der Waals surface area contributed by atoms with E-state index in [4.69, 9.17) is 0 Å². The molecular weight excluding hydrogens is 282 g/mol. The highest BCUT2D eigenvalue weighted by molar-refractivity contribution is 5.73. The lowest BCUT2D eigenvalue weighted by Gasteiger charge is -2.10. The zero-order valence-electron chi connectivity index (χ0n) is 16.9. The highest BCUT2D eigenvalue weighted by Gasteiger charge is 2.12. The molecule has 136 valence electrons. The number of nitrogens with zero attached hydrogens (tertiary/aromatic N) is 1. The standard InChI is InChI=1S/C6H11NO.C6H6.C4H10.C3H8.C2H6/c1-6(8)7-4-2-3-5-7;1-2-4-6-5-3-1;1-4(2)3;1-3-2;1-2/h2-5H2,1H3;1-6H;4H,1-3H3;3H2,1-2H3;1-2H3. The smallest absolute Gasteiger partial charge is 0.219 e. The minimum absolute atomic E-state index is 0.225. The molecule has 1 aromatic rings. The Labute approximate surface area is 146 Å². The van der Waals surface area contributed by atoms with Crippen LogP contribution in [0.2, 0.25) is 0 Å². The van der Waals surface area contributed by atoms with Crippen LogP contribution in [-0.2, 0) is 4.79 Å². The lowest BCUT2D eigenvalue weighted by molar-refractivity contribution is -0.127. The lowest BCUT2D eigenvalue weighted by atomic mass is 10.3. The van der Waals surface area contributed by atoms with Crippen LogP contribution in [0.5, 0.6) is 0 Å². The number of hydrogen-bond acceptors (Lipinski definition) is 1. The normalized spacial score (nSPS) is 11.4. The maximum Gasteiger partial charge on any atom is 0.219 e. The van der Waals surface area contributed by atoms with Gasteiger partial charge >= 0.3 is 0 Å². The summed E-state index contributed by atoms with van der Waals surface area (Å²) in [5, 5.41) is 0. The Balaban J connectivity index is -0.000000238. The van der Waals surface area contributed by atoms with Crippen molar-refractivity contribution in [2.75, 3.05) is 13.1 Å². The predicted octanol–water partition coefficient (Wildman–Crippen LogP) is 6.42. The molecule has 1 aliphatic heterocycles. The summed E-state index contributed by atoms with van der Waals surface area (Å²) >= 11 is 0. The highest BCUT2D eigenvalue weighted by atomic mass is 16.2. The number of carbonyl (C=O) groups excluding carboxylic acids is 1. The van der Waals surface area contributed by atoms with E-state index in [0.29, 0.717) is 0 Å². The van der Waals surface area contributed by atoms with Crippen molar-refractivity contribution in [3.63, 3.8) is 0 Å². The fourth-order valence-electron chi connectivity index (χ4n) is 1.42. The Morgan fingerprint density at radius 1 is 0.870 bits per heavy atom. The van der Waals surface area contributed by atoms with Gasteiger partial charge < -0.3 is 4.90 Å². The summed E-state index contributed by atoms with van der Waals surface area (Å²) < 4.78 is 0. The first-order valence-electron chi connectivity index (χ1n) is 9.21. The quantitative estimate of drug-likeness (QED) is 0.539. The van der Waals surface area contributed by atoms with E-state index < -0.39 is 0 Å². The average molecular weight is 324 g/mol. The molecule has 1 heterocycles. The third kappa shape index (κ3) is 29.4. The van der Waals surface area contributed by atoms with E-state index in [1.165, 1.54) is 19.3 Å². The summed E-state index contributed by atoms with van der Waals surface area (Å²) in [4.78, 5) is 12.5. The average Bonchev–Trinajstić information content (AvgIpc) is 3.07. The Kier molecular flexibility index (Phi) is 26.5. The van der Waals surface area contributed by atoms with Crippen LogP contribution in [0, 0.1) is 5.92 Å². The number of benzene rings is 1. The third-order valence-corrected chi connectivity index (χ3v) is 2.22. The van der Waals surface area contributed by atoms with Crippen LogP contribution in [0.1, 0.15) is 74.7 Å². The molecule has 2 rings (SSSR count). The fourth-order valence-corrected chi connectivity index (χ4v) is 1.42. The first-order valence-corrected chi connectivity index (χ1v) is 9.21. The molecule has 0 radical (unpaired) electrons. The van der Waals surface area contributed by atoms with Crippen molar-refractivity contribution in [3.8, 4) is 0 Å². The van der Waals surface area contributed by atoms with Gasteiger partial charge in [0.1, 0.15) is 0 Å². The number of rotatable bonds is 0. The molecule has 0 aromatic heterocycles. The van der Waals surface area contributed by atoms with Crippen molar-refractivity contribution in [1.29, 1.82) is 0 Å². The molecule has 1 fully saturated rings. The van der Waals surface area contributed by atoms with Gasteiger partial charge in [-0.05, 0) is 18.8 Å². The van der Waals surface area contributed by atoms with Crippen molar-refractivity contribution in [2.24, 2.45) is 5.92 Å². The van der Waals surface area contributed by atoms with E-state index in [0.717, 1.165) is 19.0 Å². The number of carbonyl (C=O) groups is 1. The van der Waals surface area contributed by atoms with E-state index in [-0.39, 0.29) is 5.91 Å². The molecule has 1 amide bonds. The fraction of sp³-hybridized carbons (Fsp3) is 0.667. The second-order valence-electron chi connectivity index (χ2n) is 5.81. The molecule has 0 aliphatic carbocycles. The Morgan fingerprint density at radius 2 is 1.09 bits per heavy atom. The second-order valence-corrected chi connectivity index (χ2v) is 5.81. The maximum atomic E-state index is 10.6. The van der Waals surface area contributed by atoms with Crippen LogP contribution >= 0.6 is 0 Å². The van der Waals surface area contributed by atoms with Gasteiger partial charge in [0.2, 0.25) is 5.91 Å². The first-order chi connectivity index (χ1) is 11.0. The second kappa shape index (κ2) is 23.0. The van der Waals surface area contributed by atoms with Gasteiger partial charge in [0, 0.05) is 20.0 Å². The van der Waals surface area contributed by atoms with Gasteiger partial charge in [-0.1, -0.05) is 91.3 Å². The van der Waals surface area contributed by atoms with Crippen molar-refractivity contribution >= 4 is 5.91 Å². The van der Waals surface area contributed by atoms with E-state index >= 15 is 0 Å². The molecular formula is C21H41NO. The summed E-state index contributed by atoms with van der Waals surface area (Å²) in [6, 6.07) is 12.0. The first kappa shape index (κ1) is 26.6. The van der Waals surface area contributed by atoms with Gasteiger partial charge in [-0.15, -0.1) is 0 Å². The maximum absolute atomic E-state index is 10.6. The van der Waals surface area contributed by atoms with E-state index in [1.807, 2.05) is 55.1 Å². The molecule has 0 bridgehead atoms.